The van der Waals surface area contributed by atoms with E-state index in [9.17, 15) is 0 Å². The van der Waals surface area contributed by atoms with Crippen LogP contribution in [0.4, 0.5) is 0 Å². The molecule has 0 saturated heterocycles. The number of nitrogens with zero attached hydrogens (tertiary/aromatic N) is 1. The molecule has 0 aliphatic carbocycles. The van der Waals surface area contributed by atoms with Crippen molar-refractivity contribution in [2.24, 2.45) is 5.73 Å². The minimum absolute atomic E-state index is 0.570. The summed E-state index contributed by atoms with van der Waals surface area (Å²) in [6.45, 7) is 2.65. The molecule has 3 rings (SSSR count). The maximum atomic E-state index is 5.66. The molecule has 0 bridgehead atoms. The first kappa shape index (κ1) is 11.0. The zero-order chi connectivity index (χ0) is 12.5. The van der Waals surface area contributed by atoms with Crippen LogP contribution in [0.2, 0.25) is 0 Å². The summed E-state index contributed by atoms with van der Waals surface area (Å²) in [6, 6.07) is 8.26. The highest BCUT2D eigenvalue weighted by Crippen LogP contribution is 2.25. The predicted octanol–water partition coefficient (Wildman–Crippen LogP) is 2.63. The van der Waals surface area contributed by atoms with Gasteiger partial charge in [-0.2, -0.15) is 0 Å². The molecule has 0 aliphatic rings. The average molecular weight is 241 g/mol. The summed E-state index contributed by atoms with van der Waals surface area (Å²) in [5, 5.41) is 1.17. The molecule has 0 unspecified atom stereocenters. The number of para-hydroxylation sites is 1. The maximum absolute atomic E-state index is 5.66. The van der Waals surface area contributed by atoms with Crippen molar-refractivity contribution in [3.05, 3.63) is 41.8 Å². The second-order valence-electron chi connectivity index (χ2n) is 4.39. The van der Waals surface area contributed by atoms with Crippen molar-refractivity contribution in [1.29, 1.82) is 0 Å². The van der Waals surface area contributed by atoms with Crippen molar-refractivity contribution in [3.8, 4) is 11.6 Å². The average Bonchev–Trinajstić information content (AvgIpc) is 2.96. The lowest BCUT2D eigenvalue weighted by Crippen LogP contribution is -2.01. The highest BCUT2D eigenvalue weighted by Gasteiger charge is 2.10. The second kappa shape index (κ2) is 4.31. The summed E-state index contributed by atoms with van der Waals surface area (Å²) >= 11 is 0. The third-order valence-electron chi connectivity index (χ3n) is 3.04. The molecule has 0 saturated carbocycles. The minimum atomic E-state index is 0.570. The van der Waals surface area contributed by atoms with Gasteiger partial charge in [-0.05, 0) is 25.1 Å². The summed E-state index contributed by atoms with van der Waals surface area (Å²) in [4.78, 5) is 7.62. The molecular formula is C14H15N3O. The number of oxazole rings is 1. The smallest absolute Gasteiger partial charge is 0.243 e. The molecule has 1 aromatic carbocycles. The van der Waals surface area contributed by atoms with Gasteiger partial charge in [-0.1, -0.05) is 18.2 Å². The molecule has 18 heavy (non-hydrogen) atoms. The molecule has 3 aromatic rings. The largest absolute Gasteiger partial charge is 0.440 e. The van der Waals surface area contributed by atoms with Crippen LogP contribution in [0.15, 0.2) is 34.9 Å². The van der Waals surface area contributed by atoms with Crippen LogP contribution in [0.25, 0.3) is 22.5 Å². The van der Waals surface area contributed by atoms with E-state index in [2.05, 4.69) is 35.1 Å². The monoisotopic (exact) mass is 241 g/mol. The fraction of sp³-hybridized carbons (Fsp3) is 0.214. The van der Waals surface area contributed by atoms with Crippen molar-refractivity contribution in [1.82, 2.24) is 9.97 Å². The molecule has 2 heterocycles. The Morgan fingerprint density at radius 1 is 1.39 bits per heavy atom. The number of hydrogen-bond donors (Lipinski definition) is 2. The van der Waals surface area contributed by atoms with Gasteiger partial charge in [0.05, 0.1) is 6.20 Å². The van der Waals surface area contributed by atoms with E-state index in [4.69, 9.17) is 10.2 Å². The quantitative estimate of drug-likeness (QED) is 0.740. The molecule has 0 spiro atoms. The zero-order valence-electron chi connectivity index (χ0n) is 10.2. The van der Waals surface area contributed by atoms with Crippen LogP contribution >= 0.6 is 0 Å². The van der Waals surface area contributed by atoms with Gasteiger partial charge >= 0.3 is 0 Å². The van der Waals surface area contributed by atoms with Crippen LogP contribution in [0.3, 0.4) is 0 Å². The lowest BCUT2D eigenvalue weighted by Gasteiger charge is -1.93. The van der Waals surface area contributed by atoms with E-state index >= 15 is 0 Å². The Kier molecular flexibility index (Phi) is 2.64. The summed E-state index contributed by atoms with van der Waals surface area (Å²) in [5.41, 5.74) is 8.75. The fourth-order valence-electron chi connectivity index (χ4n) is 2.11. The molecular weight excluding hydrogens is 226 g/mol. The topological polar surface area (TPSA) is 67.8 Å². The fourth-order valence-corrected chi connectivity index (χ4v) is 2.11. The Morgan fingerprint density at radius 2 is 2.28 bits per heavy atom. The Hall–Kier alpha value is -2.07. The van der Waals surface area contributed by atoms with Gasteiger partial charge in [0, 0.05) is 17.3 Å². The number of aromatic nitrogens is 2. The predicted molar refractivity (Wildman–Crippen MR) is 71.3 cm³/mol. The normalized spacial score (nSPS) is 11.2. The van der Waals surface area contributed by atoms with Crippen molar-refractivity contribution < 1.29 is 4.42 Å². The van der Waals surface area contributed by atoms with E-state index in [1.54, 1.807) is 6.20 Å². The van der Waals surface area contributed by atoms with Crippen LogP contribution in [0.5, 0.6) is 0 Å². The highest BCUT2D eigenvalue weighted by molar-refractivity contribution is 5.86. The van der Waals surface area contributed by atoms with Crippen LogP contribution in [0.1, 0.15) is 11.3 Å². The molecule has 3 N–H and O–H groups in total. The van der Waals surface area contributed by atoms with Gasteiger partial charge < -0.3 is 15.1 Å². The van der Waals surface area contributed by atoms with Gasteiger partial charge in [0.15, 0.2) is 0 Å². The van der Waals surface area contributed by atoms with Gasteiger partial charge in [-0.15, -0.1) is 0 Å². The van der Waals surface area contributed by atoms with E-state index in [-0.39, 0.29) is 0 Å². The lowest BCUT2D eigenvalue weighted by atomic mass is 10.2. The second-order valence-corrected chi connectivity index (χ2v) is 4.39. The molecule has 4 nitrogen and oxygen atoms in total. The first-order valence-electron chi connectivity index (χ1n) is 6.01. The first-order valence-corrected chi connectivity index (χ1v) is 6.01. The molecule has 0 amide bonds. The summed E-state index contributed by atoms with van der Waals surface area (Å²) in [6.07, 6.45) is 2.45. The van der Waals surface area contributed by atoms with Crippen molar-refractivity contribution >= 4 is 10.9 Å². The summed E-state index contributed by atoms with van der Waals surface area (Å²) in [5.74, 6) is 1.44. The van der Waals surface area contributed by atoms with Crippen molar-refractivity contribution in [2.45, 2.75) is 13.3 Å². The van der Waals surface area contributed by atoms with E-state index < -0.39 is 0 Å². The van der Waals surface area contributed by atoms with Crippen LogP contribution in [-0.2, 0) is 6.42 Å². The number of fused-ring (bicyclic) bond motifs is 1. The van der Waals surface area contributed by atoms with Crippen LogP contribution in [-0.4, -0.2) is 16.5 Å². The number of aryl methyl sites for hydroxylation is 1. The first-order chi connectivity index (χ1) is 8.78. The number of rotatable bonds is 3. The number of H-pyrrole nitrogens is 1. The lowest BCUT2D eigenvalue weighted by molar-refractivity contribution is 0.518. The Bertz CT molecular complexity index is 681. The van der Waals surface area contributed by atoms with Crippen LogP contribution < -0.4 is 5.73 Å². The maximum Gasteiger partial charge on any atom is 0.243 e. The Morgan fingerprint density at radius 3 is 3.06 bits per heavy atom. The molecule has 4 heteroatoms. The Balaban J connectivity index is 2.05. The van der Waals surface area contributed by atoms with Gasteiger partial charge in [0.25, 0.3) is 0 Å². The van der Waals surface area contributed by atoms with Gasteiger partial charge in [-0.3, -0.25) is 0 Å². The number of benzene rings is 1. The Labute approximate surface area is 105 Å². The van der Waals surface area contributed by atoms with E-state index in [1.807, 2.05) is 6.07 Å². The van der Waals surface area contributed by atoms with Gasteiger partial charge in [0.1, 0.15) is 11.5 Å². The molecule has 0 fully saturated rings. The molecule has 0 radical (unpaired) electrons. The molecule has 2 aromatic heterocycles. The van der Waals surface area contributed by atoms with Crippen LogP contribution in [0, 0.1) is 6.92 Å². The number of nitrogens with two attached hydrogens (primary N) is 1. The summed E-state index contributed by atoms with van der Waals surface area (Å²) in [7, 11) is 0. The van der Waals surface area contributed by atoms with E-state index in [0.717, 1.165) is 17.0 Å². The van der Waals surface area contributed by atoms with Gasteiger partial charge in [-0.25, -0.2) is 4.98 Å². The zero-order valence-corrected chi connectivity index (χ0v) is 10.2. The van der Waals surface area contributed by atoms with Crippen molar-refractivity contribution in [2.75, 3.05) is 6.54 Å². The number of hydrogen-bond acceptors (Lipinski definition) is 3. The third-order valence-corrected chi connectivity index (χ3v) is 3.04. The molecule has 92 valence electrons. The number of nitrogens with one attached hydrogen (secondary N) is 1. The number of aromatic amines is 1. The highest BCUT2D eigenvalue weighted by atomic mass is 16.4. The van der Waals surface area contributed by atoms with E-state index in [1.165, 1.54) is 10.9 Å². The minimum Gasteiger partial charge on any atom is -0.440 e. The third kappa shape index (κ3) is 1.80. The van der Waals surface area contributed by atoms with Gasteiger partial charge in [0.2, 0.25) is 5.89 Å². The van der Waals surface area contributed by atoms with Crippen molar-refractivity contribution in [3.63, 3.8) is 0 Å². The summed E-state index contributed by atoms with van der Waals surface area (Å²) < 4.78 is 5.66. The molecule has 0 aliphatic heterocycles. The molecule has 0 atom stereocenters. The van der Waals surface area contributed by atoms with E-state index in [0.29, 0.717) is 18.9 Å². The standard InChI is InChI=1S/C14H15N3O/c1-9-3-2-4-10-7-12(17-13(9)10)14-16-8-11(18-14)5-6-15/h2-4,7-8,17H,5-6,15H2,1H3. The SMILES string of the molecule is Cc1cccc2cc(-c3ncc(CCN)o3)[nH]c12.